The smallest absolute Gasteiger partial charge is 0.330 e. The lowest BCUT2D eigenvalue weighted by molar-refractivity contribution is -0.137. The van der Waals surface area contributed by atoms with Crippen molar-refractivity contribution in [2.24, 2.45) is 0 Å². The highest BCUT2D eigenvalue weighted by Crippen LogP contribution is 2.16. The summed E-state index contributed by atoms with van der Waals surface area (Å²) in [7, 11) is 0. The van der Waals surface area contributed by atoms with Gasteiger partial charge in [-0.1, -0.05) is 6.58 Å². The summed E-state index contributed by atoms with van der Waals surface area (Å²) in [6, 6.07) is 15.3. The third-order valence-electron chi connectivity index (χ3n) is 3.36. The zero-order valence-corrected chi connectivity index (χ0v) is 13.6. The molecule has 0 N–H and O–H groups in total. The van der Waals surface area contributed by atoms with Crippen molar-refractivity contribution in [3.8, 4) is 11.8 Å². The molecule has 2 aromatic carbocycles. The molecule has 0 bridgehead atoms. The topological polar surface area (TPSA) is 76.4 Å². The summed E-state index contributed by atoms with van der Waals surface area (Å²) in [5.74, 6) is 0.0597. The number of hydrogen-bond acceptors (Lipinski definition) is 5. The Morgan fingerprint density at radius 2 is 1.60 bits per heavy atom. The number of hydrogen-bond donors (Lipinski definition) is 0. The van der Waals surface area contributed by atoms with E-state index >= 15 is 0 Å². The molecule has 0 radical (unpaired) electrons. The van der Waals surface area contributed by atoms with Crippen LogP contribution in [0, 0.1) is 11.3 Å². The van der Waals surface area contributed by atoms with Gasteiger partial charge in [-0.25, -0.2) is 4.79 Å². The number of ether oxygens (including phenoxy) is 2. The van der Waals surface area contributed by atoms with Crippen molar-refractivity contribution in [1.29, 1.82) is 5.26 Å². The van der Waals surface area contributed by atoms with Crippen LogP contribution in [0.1, 0.15) is 27.9 Å². The van der Waals surface area contributed by atoms with Crippen LogP contribution in [0.15, 0.2) is 61.2 Å². The lowest BCUT2D eigenvalue weighted by Gasteiger charge is -2.07. The van der Waals surface area contributed by atoms with Crippen molar-refractivity contribution >= 4 is 11.8 Å². The monoisotopic (exact) mass is 335 g/mol. The molecule has 2 aromatic rings. The summed E-state index contributed by atoms with van der Waals surface area (Å²) in [4.78, 5) is 23.2. The van der Waals surface area contributed by atoms with E-state index in [0.717, 1.165) is 6.08 Å². The number of rotatable bonds is 8. The number of carbonyl (C=O) groups excluding carboxylic acids is 2. The van der Waals surface area contributed by atoms with Crippen molar-refractivity contribution in [3.05, 3.63) is 77.9 Å². The lowest BCUT2D eigenvalue weighted by atomic mass is 10.0. The van der Waals surface area contributed by atoms with E-state index in [2.05, 4.69) is 6.58 Å². The molecule has 0 amide bonds. The van der Waals surface area contributed by atoms with E-state index in [1.165, 1.54) is 0 Å². The predicted molar refractivity (Wildman–Crippen MR) is 92.3 cm³/mol. The fraction of sp³-hybridized carbons (Fsp3) is 0.150. The molecule has 0 atom stereocenters. The second-order valence-corrected chi connectivity index (χ2v) is 5.12. The number of nitrogens with zero attached hydrogens (tertiary/aromatic N) is 1. The molecular weight excluding hydrogens is 318 g/mol. The van der Waals surface area contributed by atoms with Gasteiger partial charge in [0.1, 0.15) is 5.75 Å². The molecule has 2 rings (SSSR count). The van der Waals surface area contributed by atoms with E-state index in [1.807, 2.05) is 6.07 Å². The van der Waals surface area contributed by atoms with Gasteiger partial charge in [-0.2, -0.15) is 5.26 Å². The number of carbonyl (C=O) groups is 2. The Morgan fingerprint density at radius 1 is 1.00 bits per heavy atom. The molecule has 0 spiro atoms. The summed E-state index contributed by atoms with van der Waals surface area (Å²) in [5, 5.41) is 8.78. The van der Waals surface area contributed by atoms with Crippen LogP contribution < -0.4 is 4.74 Å². The lowest BCUT2D eigenvalue weighted by Crippen LogP contribution is -2.06. The van der Waals surface area contributed by atoms with Gasteiger partial charge < -0.3 is 9.47 Å². The van der Waals surface area contributed by atoms with E-state index < -0.39 is 5.97 Å². The molecule has 0 aliphatic carbocycles. The summed E-state index contributed by atoms with van der Waals surface area (Å²) >= 11 is 0. The van der Waals surface area contributed by atoms with Crippen LogP contribution in [0.2, 0.25) is 0 Å². The maximum Gasteiger partial charge on any atom is 0.330 e. The average molecular weight is 335 g/mol. The predicted octanol–water partition coefficient (Wildman–Crippen LogP) is 3.29. The van der Waals surface area contributed by atoms with Crippen LogP contribution in [0.25, 0.3) is 0 Å². The van der Waals surface area contributed by atoms with Crippen molar-refractivity contribution < 1.29 is 19.1 Å². The Morgan fingerprint density at radius 3 is 2.16 bits per heavy atom. The zero-order chi connectivity index (χ0) is 18.1. The quantitative estimate of drug-likeness (QED) is 0.320. The minimum absolute atomic E-state index is 0.118. The highest BCUT2D eigenvalue weighted by atomic mass is 16.5. The third-order valence-corrected chi connectivity index (χ3v) is 3.36. The Balaban J connectivity index is 1.86. The molecule has 0 aliphatic rings. The Hall–Kier alpha value is -3.39. The van der Waals surface area contributed by atoms with Gasteiger partial charge in [-0.3, -0.25) is 4.79 Å². The summed E-state index contributed by atoms with van der Waals surface area (Å²) in [5.41, 5.74) is 1.58. The maximum atomic E-state index is 12.4. The Labute approximate surface area is 146 Å². The van der Waals surface area contributed by atoms with Crippen LogP contribution in [0.3, 0.4) is 0 Å². The van der Waals surface area contributed by atoms with E-state index in [4.69, 9.17) is 14.7 Å². The number of benzene rings is 2. The van der Waals surface area contributed by atoms with Crippen molar-refractivity contribution in [2.45, 2.75) is 6.42 Å². The summed E-state index contributed by atoms with van der Waals surface area (Å²) in [6.07, 6.45) is 1.68. The normalized spacial score (nSPS) is 9.72. The Bertz CT molecular complexity index is 786. The highest BCUT2D eigenvalue weighted by molar-refractivity contribution is 6.09. The molecule has 5 nitrogen and oxygen atoms in total. The summed E-state index contributed by atoms with van der Waals surface area (Å²) < 4.78 is 10.4. The van der Waals surface area contributed by atoms with Gasteiger partial charge in [-0.15, -0.1) is 0 Å². The van der Waals surface area contributed by atoms with Gasteiger partial charge in [0.05, 0.1) is 24.8 Å². The first-order valence-electron chi connectivity index (χ1n) is 7.71. The van der Waals surface area contributed by atoms with Crippen molar-refractivity contribution in [3.63, 3.8) is 0 Å². The van der Waals surface area contributed by atoms with Crippen LogP contribution in [-0.4, -0.2) is 25.0 Å². The fourth-order valence-electron chi connectivity index (χ4n) is 2.05. The number of esters is 1. The van der Waals surface area contributed by atoms with Gasteiger partial charge in [-0.05, 0) is 48.5 Å². The highest BCUT2D eigenvalue weighted by Gasteiger charge is 2.09. The molecule has 0 unspecified atom stereocenters. The average Bonchev–Trinajstić information content (AvgIpc) is 2.67. The van der Waals surface area contributed by atoms with Crippen LogP contribution >= 0.6 is 0 Å². The molecule has 25 heavy (non-hydrogen) atoms. The largest absolute Gasteiger partial charge is 0.493 e. The minimum Gasteiger partial charge on any atom is -0.493 e. The van der Waals surface area contributed by atoms with Crippen molar-refractivity contribution in [2.75, 3.05) is 13.2 Å². The zero-order valence-electron chi connectivity index (χ0n) is 13.6. The van der Waals surface area contributed by atoms with E-state index in [9.17, 15) is 9.59 Å². The van der Waals surface area contributed by atoms with Gasteiger partial charge >= 0.3 is 5.97 Å². The molecule has 0 aromatic heterocycles. The maximum absolute atomic E-state index is 12.4. The molecule has 5 heteroatoms. The first kappa shape index (κ1) is 18.0. The fourth-order valence-corrected chi connectivity index (χ4v) is 2.05. The van der Waals surface area contributed by atoms with Crippen molar-refractivity contribution in [1.82, 2.24) is 0 Å². The standard InChI is InChI=1S/C20H17NO4/c1-2-19(22)25-13-3-12-24-18-10-8-17(9-11-18)20(23)16-6-4-15(14-21)5-7-16/h2,4-11H,1,3,12-13H2. The van der Waals surface area contributed by atoms with Gasteiger partial charge in [0, 0.05) is 23.6 Å². The van der Waals surface area contributed by atoms with E-state index in [-0.39, 0.29) is 12.4 Å². The molecule has 0 aliphatic heterocycles. The molecule has 0 saturated carbocycles. The van der Waals surface area contributed by atoms with Gasteiger partial charge in [0.2, 0.25) is 0 Å². The van der Waals surface area contributed by atoms with Crippen LogP contribution in [0.4, 0.5) is 0 Å². The third kappa shape index (κ3) is 5.33. The molecule has 0 heterocycles. The second kappa shape index (κ2) is 9.04. The number of nitriles is 1. The molecule has 126 valence electrons. The van der Waals surface area contributed by atoms with E-state index in [0.29, 0.717) is 35.5 Å². The first-order chi connectivity index (χ1) is 12.1. The minimum atomic E-state index is -0.453. The van der Waals surface area contributed by atoms with Crippen LogP contribution in [0.5, 0.6) is 5.75 Å². The summed E-state index contributed by atoms with van der Waals surface area (Å²) in [6.45, 7) is 3.97. The molecule has 0 saturated heterocycles. The number of ketones is 1. The van der Waals surface area contributed by atoms with Crippen LogP contribution in [-0.2, 0) is 9.53 Å². The first-order valence-corrected chi connectivity index (χ1v) is 7.71. The second-order valence-electron chi connectivity index (χ2n) is 5.12. The van der Waals surface area contributed by atoms with Gasteiger partial charge in [0.25, 0.3) is 0 Å². The van der Waals surface area contributed by atoms with E-state index in [1.54, 1.807) is 48.5 Å². The SMILES string of the molecule is C=CC(=O)OCCCOc1ccc(C(=O)c2ccc(C#N)cc2)cc1. The molecular formula is C20H17NO4. The molecule has 0 fully saturated rings. The van der Waals surface area contributed by atoms with Gasteiger partial charge in [0.15, 0.2) is 5.78 Å². The Kier molecular flexibility index (Phi) is 6.49.